The fourth-order valence-electron chi connectivity index (χ4n) is 2.24. The van der Waals surface area contributed by atoms with Crippen LogP contribution in [0.25, 0.3) is 10.9 Å². The molecule has 94 valence electrons. The highest BCUT2D eigenvalue weighted by molar-refractivity contribution is 5.93. The minimum absolute atomic E-state index is 0.000709. The van der Waals surface area contributed by atoms with E-state index >= 15 is 0 Å². The van der Waals surface area contributed by atoms with Gasteiger partial charge in [-0.15, -0.1) is 0 Å². The SMILES string of the molecule is O=C(CC1CCCO1)Nc1ccc2cn[nH]c2c1. The van der Waals surface area contributed by atoms with Crippen molar-refractivity contribution in [1.82, 2.24) is 10.2 Å². The van der Waals surface area contributed by atoms with Crippen molar-refractivity contribution in [3.63, 3.8) is 0 Å². The van der Waals surface area contributed by atoms with Gasteiger partial charge in [0.1, 0.15) is 0 Å². The Labute approximate surface area is 105 Å². The summed E-state index contributed by atoms with van der Waals surface area (Å²) in [5.41, 5.74) is 1.71. The maximum Gasteiger partial charge on any atom is 0.226 e. The number of aromatic nitrogens is 2. The summed E-state index contributed by atoms with van der Waals surface area (Å²) in [6.45, 7) is 0.776. The lowest BCUT2D eigenvalue weighted by Gasteiger charge is -2.09. The zero-order valence-corrected chi connectivity index (χ0v) is 9.98. The van der Waals surface area contributed by atoms with Gasteiger partial charge in [-0.05, 0) is 31.0 Å². The molecule has 1 aromatic heterocycles. The van der Waals surface area contributed by atoms with E-state index in [-0.39, 0.29) is 12.0 Å². The van der Waals surface area contributed by atoms with Crippen LogP contribution in [-0.4, -0.2) is 28.8 Å². The number of fused-ring (bicyclic) bond motifs is 1. The second-order valence-electron chi connectivity index (χ2n) is 4.56. The molecule has 0 spiro atoms. The van der Waals surface area contributed by atoms with Gasteiger partial charge in [-0.3, -0.25) is 9.89 Å². The third-order valence-corrected chi connectivity index (χ3v) is 3.16. The van der Waals surface area contributed by atoms with Crippen molar-refractivity contribution in [1.29, 1.82) is 0 Å². The fraction of sp³-hybridized carbons (Fsp3) is 0.385. The van der Waals surface area contributed by atoms with Crippen molar-refractivity contribution in [2.75, 3.05) is 11.9 Å². The van der Waals surface area contributed by atoms with E-state index in [9.17, 15) is 4.79 Å². The van der Waals surface area contributed by atoms with E-state index < -0.39 is 0 Å². The second-order valence-corrected chi connectivity index (χ2v) is 4.56. The Hall–Kier alpha value is -1.88. The Balaban J connectivity index is 1.65. The van der Waals surface area contributed by atoms with Crippen LogP contribution in [0.15, 0.2) is 24.4 Å². The topological polar surface area (TPSA) is 67.0 Å². The predicted molar refractivity (Wildman–Crippen MR) is 68.3 cm³/mol. The molecule has 1 atom stereocenters. The Kier molecular flexibility index (Phi) is 2.98. The van der Waals surface area contributed by atoms with E-state index in [1.165, 1.54) is 0 Å². The van der Waals surface area contributed by atoms with Gasteiger partial charge < -0.3 is 10.1 Å². The molecule has 5 heteroatoms. The molecule has 1 aliphatic rings. The molecule has 0 aliphatic carbocycles. The molecule has 1 aromatic carbocycles. The number of rotatable bonds is 3. The summed E-state index contributed by atoms with van der Waals surface area (Å²) in [4.78, 5) is 11.8. The van der Waals surface area contributed by atoms with Crippen LogP contribution < -0.4 is 5.32 Å². The van der Waals surface area contributed by atoms with Crippen LogP contribution in [0.3, 0.4) is 0 Å². The number of amides is 1. The monoisotopic (exact) mass is 245 g/mol. The summed E-state index contributed by atoms with van der Waals surface area (Å²) < 4.78 is 5.44. The van der Waals surface area contributed by atoms with Crippen LogP contribution >= 0.6 is 0 Å². The van der Waals surface area contributed by atoms with E-state index in [1.54, 1.807) is 6.20 Å². The van der Waals surface area contributed by atoms with Gasteiger partial charge in [0.25, 0.3) is 0 Å². The number of nitrogens with one attached hydrogen (secondary N) is 2. The minimum Gasteiger partial charge on any atom is -0.378 e. The first-order valence-electron chi connectivity index (χ1n) is 6.16. The van der Waals surface area contributed by atoms with Crippen LogP contribution in [0.4, 0.5) is 5.69 Å². The molecule has 1 unspecified atom stereocenters. The molecule has 1 aliphatic heterocycles. The van der Waals surface area contributed by atoms with Gasteiger partial charge in [0, 0.05) is 17.7 Å². The summed E-state index contributed by atoms with van der Waals surface area (Å²) in [7, 11) is 0. The molecule has 2 heterocycles. The van der Waals surface area contributed by atoms with E-state index in [0.717, 1.165) is 36.0 Å². The predicted octanol–water partition coefficient (Wildman–Crippen LogP) is 2.07. The molecule has 0 saturated carbocycles. The second kappa shape index (κ2) is 4.78. The first-order valence-corrected chi connectivity index (χ1v) is 6.16. The smallest absolute Gasteiger partial charge is 0.226 e. The van der Waals surface area contributed by atoms with Crippen molar-refractivity contribution >= 4 is 22.5 Å². The quantitative estimate of drug-likeness (QED) is 0.869. The molecule has 1 saturated heterocycles. The van der Waals surface area contributed by atoms with Crippen molar-refractivity contribution in [3.8, 4) is 0 Å². The number of anilines is 1. The highest BCUT2D eigenvalue weighted by atomic mass is 16.5. The van der Waals surface area contributed by atoms with Crippen molar-refractivity contribution < 1.29 is 9.53 Å². The van der Waals surface area contributed by atoms with Crippen LogP contribution in [0.5, 0.6) is 0 Å². The molecule has 2 aromatic rings. The molecule has 3 rings (SSSR count). The lowest BCUT2D eigenvalue weighted by atomic mass is 10.1. The Morgan fingerprint density at radius 1 is 1.56 bits per heavy atom. The van der Waals surface area contributed by atoms with Gasteiger partial charge in [0.2, 0.25) is 5.91 Å². The lowest BCUT2D eigenvalue weighted by Crippen LogP contribution is -2.19. The first-order chi connectivity index (χ1) is 8.81. The van der Waals surface area contributed by atoms with Crippen LogP contribution in [-0.2, 0) is 9.53 Å². The largest absolute Gasteiger partial charge is 0.378 e. The number of carbonyl (C=O) groups excluding carboxylic acids is 1. The molecule has 1 fully saturated rings. The number of carbonyl (C=O) groups is 1. The fourth-order valence-corrected chi connectivity index (χ4v) is 2.24. The number of H-pyrrole nitrogens is 1. The molecule has 0 bridgehead atoms. The number of benzene rings is 1. The molecule has 0 radical (unpaired) electrons. The number of nitrogens with zero attached hydrogens (tertiary/aromatic N) is 1. The lowest BCUT2D eigenvalue weighted by molar-refractivity contribution is -0.118. The van der Waals surface area contributed by atoms with E-state index in [0.29, 0.717) is 6.42 Å². The molecular formula is C13H15N3O2. The Morgan fingerprint density at radius 2 is 2.50 bits per heavy atom. The maximum atomic E-state index is 11.8. The molecule has 1 amide bonds. The number of aromatic amines is 1. The summed E-state index contributed by atoms with van der Waals surface area (Å²) in [6, 6.07) is 5.70. The average Bonchev–Trinajstić information content (AvgIpc) is 2.98. The minimum atomic E-state index is 0.000709. The standard InChI is InChI=1S/C13H15N3O2/c17-13(7-11-2-1-5-18-11)15-10-4-3-9-8-14-16-12(9)6-10/h3-4,6,8,11H,1-2,5,7H2,(H,14,16)(H,15,17). The maximum absolute atomic E-state index is 11.8. The number of hydrogen-bond donors (Lipinski definition) is 2. The van der Waals surface area contributed by atoms with Gasteiger partial charge >= 0.3 is 0 Å². The number of hydrogen-bond acceptors (Lipinski definition) is 3. The van der Waals surface area contributed by atoms with E-state index in [4.69, 9.17) is 4.74 Å². The average molecular weight is 245 g/mol. The van der Waals surface area contributed by atoms with Gasteiger partial charge in [-0.1, -0.05) is 0 Å². The first kappa shape index (κ1) is 11.2. The normalized spacial score (nSPS) is 19.2. The zero-order valence-electron chi connectivity index (χ0n) is 9.98. The van der Waals surface area contributed by atoms with Gasteiger partial charge in [-0.25, -0.2) is 0 Å². The summed E-state index contributed by atoms with van der Waals surface area (Å²) in [5, 5.41) is 10.7. The van der Waals surface area contributed by atoms with Gasteiger partial charge in [-0.2, -0.15) is 5.10 Å². The summed E-state index contributed by atoms with van der Waals surface area (Å²) in [5.74, 6) is 0.000709. The van der Waals surface area contributed by atoms with Crippen molar-refractivity contribution in [2.24, 2.45) is 0 Å². The Morgan fingerprint density at radius 3 is 3.33 bits per heavy atom. The van der Waals surface area contributed by atoms with Gasteiger partial charge in [0.15, 0.2) is 0 Å². The van der Waals surface area contributed by atoms with Crippen molar-refractivity contribution in [2.45, 2.75) is 25.4 Å². The molecule has 18 heavy (non-hydrogen) atoms. The van der Waals surface area contributed by atoms with Crippen LogP contribution in [0, 0.1) is 0 Å². The third kappa shape index (κ3) is 2.36. The Bertz CT molecular complexity index is 558. The summed E-state index contributed by atoms with van der Waals surface area (Å²) in [6.07, 6.45) is 4.31. The highest BCUT2D eigenvalue weighted by Crippen LogP contribution is 2.19. The highest BCUT2D eigenvalue weighted by Gasteiger charge is 2.19. The molecule has 5 nitrogen and oxygen atoms in total. The zero-order chi connectivity index (χ0) is 12.4. The van der Waals surface area contributed by atoms with Crippen molar-refractivity contribution in [3.05, 3.63) is 24.4 Å². The van der Waals surface area contributed by atoms with E-state index in [2.05, 4.69) is 15.5 Å². The summed E-state index contributed by atoms with van der Waals surface area (Å²) >= 11 is 0. The third-order valence-electron chi connectivity index (χ3n) is 3.16. The van der Waals surface area contributed by atoms with Gasteiger partial charge in [0.05, 0.1) is 24.2 Å². The van der Waals surface area contributed by atoms with E-state index in [1.807, 2.05) is 18.2 Å². The number of ether oxygens (including phenoxy) is 1. The molecular weight excluding hydrogens is 230 g/mol. The molecule has 2 N–H and O–H groups in total. The van der Waals surface area contributed by atoms with Crippen LogP contribution in [0.2, 0.25) is 0 Å². The van der Waals surface area contributed by atoms with Crippen LogP contribution in [0.1, 0.15) is 19.3 Å².